The standard InChI is InChI=1S/C34H44O6/c1-3-5-7-25-9-13-29(14-10-25)33(35)39-37-31-21-17-27(18-22-31)28-19-23-32(24-20-28)38-40-34(36)30-15-11-26(12-16-30)8-6-4-2/h9-16,21,27-28,32H,3-8,17-20,22-24H2,1-2H3. The molecule has 4 rings (SSSR count). The summed E-state index contributed by atoms with van der Waals surface area (Å²) in [6, 6.07) is 15.2. The van der Waals surface area contributed by atoms with Gasteiger partial charge in [-0.2, -0.15) is 4.89 Å². The van der Waals surface area contributed by atoms with E-state index in [1.54, 1.807) is 12.1 Å². The minimum absolute atomic E-state index is 0.0535. The topological polar surface area (TPSA) is 71.1 Å². The zero-order chi connectivity index (χ0) is 28.2. The molecule has 216 valence electrons. The number of unbranched alkanes of at least 4 members (excludes halogenated alkanes) is 2. The van der Waals surface area contributed by atoms with Gasteiger partial charge in [0, 0.05) is 6.42 Å². The molecule has 40 heavy (non-hydrogen) atoms. The first-order valence-electron chi connectivity index (χ1n) is 15.2. The van der Waals surface area contributed by atoms with Gasteiger partial charge >= 0.3 is 11.9 Å². The highest BCUT2D eigenvalue weighted by atomic mass is 17.2. The Morgan fingerprint density at radius 3 is 1.75 bits per heavy atom. The molecule has 0 spiro atoms. The van der Waals surface area contributed by atoms with Gasteiger partial charge in [0.1, 0.15) is 6.10 Å². The number of rotatable bonds is 13. The zero-order valence-corrected chi connectivity index (χ0v) is 24.1. The summed E-state index contributed by atoms with van der Waals surface area (Å²) >= 11 is 0. The second kappa shape index (κ2) is 15.6. The highest BCUT2D eigenvalue weighted by molar-refractivity contribution is 5.89. The number of carbonyl (C=O) groups is 2. The zero-order valence-electron chi connectivity index (χ0n) is 24.1. The summed E-state index contributed by atoms with van der Waals surface area (Å²) in [4.78, 5) is 46.0. The number of allylic oxidation sites excluding steroid dienone is 2. The van der Waals surface area contributed by atoms with Crippen LogP contribution >= 0.6 is 0 Å². The fraction of sp³-hybridized carbons (Fsp3) is 0.529. The van der Waals surface area contributed by atoms with E-state index in [-0.39, 0.29) is 6.10 Å². The van der Waals surface area contributed by atoms with E-state index in [1.165, 1.54) is 11.1 Å². The minimum atomic E-state index is -0.465. The van der Waals surface area contributed by atoms with E-state index in [1.807, 2.05) is 36.4 Å². The van der Waals surface area contributed by atoms with Crippen molar-refractivity contribution >= 4 is 11.9 Å². The molecule has 2 aliphatic carbocycles. The molecule has 6 heteroatoms. The fourth-order valence-electron chi connectivity index (χ4n) is 5.67. The fourth-order valence-corrected chi connectivity index (χ4v) is 5.67. The van der Waals surface area contributed by atoms with Crippen LogP contribution in [0.3, 0.4) is 0 Å². The maximum absolute atomic E-state index is 12.4. The van der Waals surface area contributed by atoms with E-state index in [4.69, 9.17) is 19.6 Å². The van der Waals surface area contributed by atoms with Crippen LogP contribution in [0, 0.1) is 11.8 Å². The average Bonchev–Trinajstić information content (AvgIpc) is 3.01. The quantitative estimate of drug-likeness (QED) is 0.185. The Morgan fingerprint density at radius 2 is 1.25 bits per heavy atom. The second-order valence-corrected chi connectivity index (χ2v) is 11.3. The van der Waals surface area contributed by atoms with Crippen LogP contribution in [-0.4, -0.2) is 18.0 Å². The Hall–Kier alpha value is -3.12. The largest absolute Gasteiger partial charge is 0.386 e. The van der Waals surface area contributed by atoms with Crippen LogP contribution in [0.5, 0.6) is 0 Å². The molecule has 0 saturated heterocycles. The molecule has 1 unspecified atom stereocenters. The van der Waals surface area contributed by atoms with Gasteiger partial charge in [-0.3, -0.25) is 9.78 Å². The third-order valence-corrected chi connectivity index (χ3v) is 8.30. The lowest BCUT2D eigenvalue weighted by atomic mass is 9.74. The van der Waals surface area contributed by atoms with Crippen LogP contribution in [0.1, 0.15) is 116 Å². The van der Waals surface area contributed by atoms with Crippen molar-refractivity contribution in [3.63, 3.8) is 0 Å². The highest BCUT2D eigenvalue weighted by Crippen LogP contribution is 2.38. The maximum Gasteiger partial charge on any atom is 0.386 e. The number of aryl methyl sites for hydroxylation is 2. The molecule has 6 nitrogen and oxygen atoms in total. The third-order valence-electron chi connectivity index (χ3n) is 8.30. The van der Waals surface area contributed by atoms with Crippen LogP contribution in [-0.2, 0) is 32.4 Å². The maximum atomic E-state index is 12.4. The van der Waals surface area contributed by atoms with Crippen molar-refractivity contribution in [1.82, 2.24) is 0 Å². The summed E-state index contributed by atoms with van der Waals surface area (Å²) in [6.45, 7) is 4.34. The molecule has 1 fully saturated rings. The number of hydrogen-bond acceptors (Lipinski definition) is 6. The number of benzene rings is 2. The van der Waals surface area contributed by atoms with E-state index in [0.717, 1.165) is 89.2 Å². The molecule has 0 radical (unpaired) electrons. The molecular weight excluding hydrogens is 504 g/mol. The summed E-state index contributed by atoms with van der Waals surface area (Å²) in [5.41, 5.74) is 3.48. The van der Waals surface area contributed by atoms with Gasteiger partial charge in [-0.1, -0.05) is 51.0 Å². The van der Waals surface area contributed by atoms with Gasteiger partial charge in [0.15, 0.2) is 5.76 Å². The van der Waals surface area contributed by atoms with Crippen molar-refractivity contribution in [2.45, 2.75) is 103 Å². The van der Waals surface area contributed by atoms with Crippen LogP contribution < -0.4 is 0 Å². The lowest BCUT2D eigenvalue weighted by molar-refractivity contribution is -0.281. The minimum Gasteiger partial charge on any atom is -0.293 e. The van der Waals surface area contributed by atoms with Gasteiger partial charge in [-0.25, -0.2) is 14.5 Å². The molecule has 0 aliphatic heterocycles. The Labute approximate surface area is 238 Å². The third kappa shape index (κ3) is 8.95. The second-order valence-electron chi connectivity index (χ2n) is 11.3. The van der Waals surface area contributed by atoms with Crippen molar-refractivity contribution in [2.75, 3.05) is 0 Å². The number of carbonyl (C=O) groups excluding carboxylic acids is 2. The summed E-state index contributed by atoms with van der Waals surface area (Å²) < 4.78 is 0. The van der Waals surface area contributed by atoms with E-state index in [2.05, 4.69) is 19.9 Å². The Bertz CT molecular complexity index is 1100. The lowest BCUT2D eigenvalue weighted by Crippen LogP contribution is -2.28. The first-order chi connectivity index (χ1) is 19.6. The van der Waals surface area contributed by atoms with E-state index >= 15 is 0 Å². The SMILES string of the molecule is CCCCc1ccc(C(=O)OOC2=CCC(C3CCC(OOC(=O)c4ccc(CCCC)cc4)CC3)CC2)cc1. The predicted molar refractivity (Wildman–Crippen MR) is 154 cm³/mol. The first-order valence-corrected chi connectivity index (χ1v) is 15.2. The summed E-state index contributed by atoms with van der Waals surface area (Å²) in [5, 5.41) is 0. The summed E-state index contributed by atoms with van der Waals surface area (Å²) in [6.07, 6.45) is 15.2. The monoisotopic (exact) mass is 548 g/mol. The summed E-state index contributed by atoms with van der Waals surface area (Å²) in [5.74, 6) is 1.02. The molecule has 0 aromatic heterocycles. The van der Waals surface area contributed by atoms with Gasteiger partial charge in [0.25, 0.3) is 0 Å². The summed E-state index contributed by atoms with van der Waals surface area (Å²) in [7, 11) is 0. The van der Waals surface area contributed by atoms with Crippen molar-refractivity contribution in [1.29, 1.82) is 0 Å². The molecule has 2 aromatic rings. The van der Waals surface area contributed by atoms with Crippen LogP contribution in [0.25, 0.3) is 0 Å². The molecule has 2 aromatic carbocycles. The van der Waals surface area contributed by atoms with E-state index < -0.39 is 11.9 Å². The molecule has 0 heterocycles. The van der Waals surface area contributed by atoms with Crippen molar-refractivity contribution in [3.8, 4) is 0 Å². The Morgan fingerprint density at radius 1 is 0.700 bits per heavy atom. The Balaban J connectivity index is 1.13. The van der Waals surface area contributed by atoms with Crippen molar-refractivity contribution in [3.05, 3.63) is 82.6 Å². The molecule has 1 atom stereocenters. The average molecular weight is 549 g/mol. The lowest BCUT2D eigenvalue weighted by Gasteiger charge is -2.34. The number of hydrogen-bond donors (Lipinski definition) is 0. The van der Waals surface area contributed by atoms with Gasteiger partial charge in [0.2, 0.25) is 0 Å². The molecule has 2 aliphatic rings. The van der Waals surface area contributed by atoms with Gasteiger partial charge in [-0.15, -0.1) is 0 Å². The van der Waals surface area contributed by atoms with Gasteiger partial charge in [-0.05, 0) is 118 Å². The van der Waals surface area contributed by atoms with E-state index in [0.29, 0.717) is 23.0 Å². The van der Waals surface area contributed by atoms with Crippen molar-refractivity contribution in [2.24, 2.45) is 11.8 Å². The first kappa shape index (κ1) is 29.9. The molecule has 1 saturated carbocycles. The molecule has 0 N–H and O–H groups in total. The molecular formula is C34H44O6. The highest BCUT2D eigenvalue weighted by Gasteiger charge is 2.30. The van der Waals surface area contributed by atoms with Crippen LogP contribution in [0.2, 0.25) is 0 Å². The van der Waals surface area contributed by atoms with Crippen LogP contribution in [0.4, 0.5) is 0 Å². The van der Waals surface area contributed by atoms with E-state index in [9.17, 15) is 9.59 Å². The predicted octanol–water partition coefficient (Wildman–Crippen LogP) is 8.49. The Kier molecular flexibility index (Phi) is 11.7. The molecule has 0 bridgehead atoms. The smallest absolute Gasteiger partial charge is 0.293 e. The van der Waals surface area contributed by atoms with Crippen LogP contribution in [0.15, 0.2) is 60.4 Å². The normalized spacial score (nSPS) is 20.9. The van der Waals surface area contributed by atoms with Crippen molar-refractivity contribution < 1.29 is 29.1 Å². The van der Waals surface area contributed by atoms with Gasteiger partial charge < -0.3 is 0 Å². The molecule has 0 amide bonds. The van der Waals surface area contributed by atoms with Gasteiger partial charge in [0.05, 0.1) is 11.1 Å².